The number of halogens is 3. The number of carbonyl (C=O) groups excluding carboxylic acids is 1. The fraction of sp³-hybridized carbons (Fsp3) is 0.550. The van der Waals surface area contributed by atoms with E-state index in [9.17, 15) is 26.4 Å². The van der Waals surface area contributed by atoms with E-state index in [0.717, 1.165) is 12.1 Å². The first-order valence-corrected chi connectivity index (χ1v) is 11.7. The highest BCUT2D eigenvalue weighted by atomic mass is 32.2. The molecule has 4 rings (SSSR count). The van der Waals surface area contributed by atoms with Crippen LogP contribution in [0.4, 0.5) is 13.2 Å². The van der Waals surface area contributed by atoms with Crippen LogP contribution in [0.3, 0.4) is 0 Å². The Balaban J connectivity index is 1.92. The van der Waals surface area contributed by atoms with Crippen LogP contribution in [-0.4, -0.2) is 81.4 Å². The summed E-state index contributed by atoms with van der Waals surface area (Å²) in [5.74, 6) is -0.982. The van der Waals surface area contributed by atoms with Gasteiger partial charge in [0.2, 0.25) is 11.5 Å². The fourth-order valence-corrected chi connectivity index (χ4v) is 4.81. The van der Waals surface area contributed by atoms with Crippen LogP contribution in [-0.2, 0) is 25.2 Å². The van der Waals surface area contributed by atoms with E-state index in [-0.39, 0.29) is 17.3 Å². The second-order valence-corrected chi connectivity index (χ2v) is 10.1. The maximum Gasteiger partial charge on any atom is 0.534 e. The second-order valence-electron chi connectivity index (χ2n) is 8.54. The van der Waals surface area contributed by atoms with Gasteiger partial charge in [0.05, 0.1) is 6.34 Å². The lowest BCUT2D eigenvalue weighted by Gasteiger charge is -2.52. The normalized spacial score (nSPS) is 29.0. The molecule has 3 aliphatic heterocycles. The van der Waals surface area contributed by atoms with Crippen LogP contribution in [0.5, 0.6) is 11.5 Å². The molecular weight excluding hydrogens is 481 g/mol. The molecular formula is C20H23F3N4O6S. The Labute approximate surface area is 194 Å². The minimum absolute atomic E-state index is 0.0231. The predicted octanol–water partition coefficient (Wildman–Crippen LogP) is 1.86. The molecule has 0 saturated carbocycles. The zero-order chi connectivity index (χ0) is 25.1. The number of aliphatic imine (C=N–C) groups is 2. The number of fused-ring (bicyclic) bond motifs is 4. The highest BCUT2D eigenvalue weighted by Gasteiger charge is 2.69. The van der Waals surface area contributed by atoms with Crippen molar-refractivity contribution in [1.82, 2.24) is 9.80 Å². The molecule has 0 radical (unpaired) electrons. The van der Waals surface area contributed by atoms with Gasteiger partial charge >= 0.3 is 15.6 Å². The van der Waals surface area contributed by atoms with E-state index in [1.54, 1.807) is 25.9 Å². The minimum Gasteiger partial charge on any atom is -0.487 e. The van der Waals surface area contributed by atoms with Gasteiger partial charge in [-0.15, -0.1) is 0 Å². The van der Waals surface area contributed by atoms with Gasteiger partial charge in [-0.3, -0.25) is 9.69 Å². The van der Waals surface area contributed by atoms with Crippen molar-refractivity contribution in [2.45, 2.75) is 42.5 Å². The largest absolute Gasteiger partial charge is 0.534 e. The maximum atomic E-state index is 13.8. The van der Waals surface area contributed by atoms with Crippen molar-refractivity contribution in [2.75, 3.05) is 27.7 Å². The third kappa shape index (κ3) is 3.50. The van der Waals surface area contributed by atoms with Crippen molar-refractivity contribution in [3.8, 4) is 11.5 Å². The van der Waals surface area contributed by atoms with Crippen LogP contribution in [0.1, 0.15) is 25.3 Å². The summed E-state index contributed by atoms with van der Waals surface area (Å²) >= 11 is 0. The Hall–Kier alpha value is -2.87. The third-order valence-corrected chi connectivity index (χ3v) is 7.01. The molecule has 3 atom stereocenters. The molecule has 14 heteroatoms. The van der Waals surface area contributed by atoms with Crippen LogP contribution >= 0.6 is 0 Å². The molecule has 3 heterocycles. The summed E-state index contributed by atoms with van der Waals surface area (Å²) in [6, 6.07) is 3.31. The first-order chi connectivity index (χ1) is 15.7. The summed E-state index contributed by atoms with van der Waals surface area (Å²) in [7, 11) is -1.01. The Morgan fingerprint density at radius 2 is 2.06 bits per heavy atom. The Morgan fingerprint density at radius 3 is 2.71 bits per heavy atom. The zero-order valence-electron chi connectivity index (χ0n) is 18.8. The lowest BCUT2D eigenvalue weighted by molar-refractivity contribution is -0.191. The molecule has 1 spiro atoms. The number of guanidine groups is 1. The summed E-state index contributed by atoms with van der Waals surface area (Å²) in [5.41, 5.74) is -8.74. The van der Waals surface area contributed by atoms with Crippen LogP contribution in [0.2, 0.25) is 0 Å². The third-order valence-electron chi connectivity index (χ3n) is 6.03. The molecule has 34 heavy (non-hydrogen) atoms. The lowest BCUT2D eigenvalue weighted by atomic mass is 9.68. The molecule has 186 valence electrons. The average molecular weight is 504 g/mol. The van der Waals surface area contributed by atoms with Gasteiger partial charge in [0.1, 0.15) is 23.2 Å². The molecule has 1 saturated heterocycles. The average Bonchev–Trinajstić information content (AvgIpc) is 2.99. The van der Waals surface area contributed by atoms with Crippen LogP contribution < -0.4 is 8.92 Å². The lowest BCUT2D eigenvalue weighted by Crippen LogP contribution is -2.67. The van der Waals surface area contributed by atoms with Crippen molar-refractivity contribution < 1.29 is 40.0 Å². The standard InChI is InChI=1S/C20H23F3N4O6S/c1-18-15(6-5-9-31-18)32-14-8-7-12(33-34(29,30)20(21,22)23)10-13(14)19(18)16(28)27(4)17(25-19)24-11-26(2)3/h7-8,10-11,15H,5-6,9H2,1-4H3/b24-11+/t15-,18-,19+/m0/s1. The smallest absolute Gasteiger partial charge is 0.487 e. The predicted molar refractivity (Wildman–Crippen MR) is 114 cm³/mol. The molecule has 1 amide bonds. The van der Waals surface area contributed by atoms with E-state index in [2.05, 4.69) is 14.2 Å². The number of rotatable bonds is 3. The Bertz CT molecular complexity index is 1190. The number of alkyl halides is 3. The zero-order valence-corrected chi connectivity index (χ0v) is 19.6. The van der Waals surface area contributed by atoms with E-state index >= 15 is 0 Å². The van der Waals surface area contributed by atoms with Gasteiger partial charge in [0.25, 0.3) is 5.91 Å². The number of amides is 1. The Morgan fingerprint density at radius 1 is 1.35 bits per heavy atom. The van der Waals surface area contributed by atoms with Gasteiger partial charge in [-0.2, -0.15) is 21.6 Å². The number of ether oxygens (including phenoxy) is 2. The highest BCUT2D eigenvalue weighted by molar-refractivity contribution is 7.88. The number of carbonyl (C=O) groups is 1. The van der Waals surface area contributed by atoms with Gasteiger partial charge in [0, 0.05) is 33.3 Å². The van der Waals surface area contributed by atoms with Crippen molar-refractivity contribution in [3.05, 3.63) is 23.8 Å². The van der Waals surface area contributed by atoms with Gasteiger partial charge in [-0.25, -0.2) is 9.98 Å². The highest BCUT2D eigenvalue weighted by Crippen LogP contribution is 2.55. The van der Waals surface area contributed by atoms with Crippen LogP contribution in [0, 0.1) is 0 Å². The van der Waals surface area contributed by atoms with E-state index in [0.29, 0.717) is 19.4 Å². The Kier molecular flexibility index (Phi) is 5.59. The summed E-state index contributed by atoms with van der Waals surface area (Å²) in [6.45, 7) is 1.95. The first kappa shape index (κ1) is 24.3. The van der Waals surface area contributed by atoms with Crippen molar-refractivity contribution in [2.24, 2.45) is 9.98 Å². The van der Waals surface area contributed by atoms with Crippen LogP contribution in [0.15, 0.2) is 28.2 Å². The van der Waals surface area contributed by atoms with Crippen molar-refractivity contribution >= 4 is 28.3 Å². The van der Waals surface area contributed by atoms with Gasteiger partial charge < -0.3 is 18.6 Å². The molecule has 10 nitrogen and oxygen atoms in total. The molecule has 1 fully saturated rings. The number of nitrogens with zero attached hydrogens (tertiary/aromatic N) is 4. The molecule has 1 aromatic carbocycles. The van der Waals surface area contributed by atoms with Gasteiger partial charge in [-0.05, 0) is 38.0 Å². The van der Waals surface area contributed by atoms with E-state index in [4.69, 9.17) is 9.47 Å². The summed E-state index contributed by atoms with van der Waals surface area (Å²) < 4.78 is 78.3. The van der Waals surface area contributed by atoms with Crippen molar-refractivity contribution in [1.29, 1.82) is 0 Å². The summed E-state index contributed by atoms with van der Waals surface area (Å²) in [6.07, 6.45) is 2.05. The molecule has 0 aromatic heterocycles. The monoisotopic (exact) mass is 504 g/mol. The van der Waals surface area contributed by atoms with Crippen molar-refractivity contribution in [3.63, 3.8) is 0 Å². The van der Waals surface area contributed by atoms with Crippen LogP contribution in [0.25, 0.3) is 0 Å². The SMILES string of the molecule is CN(C)/C=N/C1=N[C@@]2(C(=O)N1C)c1cc(OS(=O)(=O)C(F)(F)F)ccc1O[C@H]1CCCO[C@@]12C. The minimum atomic E-state index is -5.94. The van der Waals surface area contributed by atoms with Gasteiger partial charge in [0.15, 0.2) is 0 Å². The topological polar surface area (TPSA) is 110 Å². The quantitative estimate of drug-likeness (QED) is 0.267. The fourth-order valence-electron chi connectivity index (χ4n) is 4.36. The van der Waals surface area contributed by atoms with Gasteiger partial charge in [-0.1, -0.05) is 0 Å². The number of hydrogen-bond donors (Lipinski definition) is 0. The number of benzene rings is 1. The molecule has 0 aliphatic carbocycles. The summed E-state index contributed by atoms with van der Waals surface area (Å²) in [5, 5.41) is 0. The second kappa shape index (κ2) is 7.83. The number of likely N-dealkylation sites (N-methyl/N-ethyl adjacent to an activating group) is 1. The van der Waals surface area contributed by atoms with E-state index < -0.39 is 44.5 Å². The molecule has 0 bridgehead atoms. The first-order valence-electron chi connectivity index (χ1n) is 10.3. The maximum absolute atomic E-state index is 13.8. The molecule has 1 aromatic rings. The van der Waals surface area contributed by atoms with E-state index in [1.807, 2.05) is 0 Å². The molecule has 3 aliphatic rings. The number of hydrogen-bond acceptors (Lipinski definition) is 8. The molecule has 0 N–H and O–H groups in total. The molecule has 0 unspecified atom stereocenters. The summed E-state index contributed by atoms with van der Waals surface area (Å²) in [4.78, 5) is 25.5. The van der Waals surface area contributed by atoms with E-state index in [1.165, 1.54) is 24.4 Å².